The van der Waals surface area contributed by atoms with Crippen molar-refractivity contribution in [2.24, 2.45) is 0 Å². The fourth-order valence-corrected chi connectivity index (χ4v) is 4.84. The number of fused-ring (bicyclic) bond motifs is 4. The van der Waals surface area contributed by atoms with Crippen LogP contribution in [-0.2, 0) is 11.3 Å². The Hall–Kier alpha value is -3.00. The molecule has 1 saturated heterocycles. The summed E-state index contributed by atoms with van der Waals surface area (Å²) in [5.74, 6) is 0. The normalized spacial score (nSPS) is 16.5. The van der Waals surface area contributed by atoms with Crippen LogP contribution in [0.2, 0.25) is 10.0 Å². The van der Waals surface area contributed by atoms with Crippen LogP contribution in [0.4, 0.5) is 0 Å². The van der Waals surface area contributed by atoms with Crippen molar-refractivity contribution >= 4 is 56.4 Å². The second-order valence-electron chi connectivity index (χ2n) is 7.88. The minimum atomic E-state index is -0.174. The van der Waals surface area contributed by atoms with Gasteiger partial charge in [-0.1, -0.05) is 35.3 Å². The van der Waals surface area contributed by atoms with Crippen molar-refractivity contribution < 1.29 is 4.74 Å². The van der Waals surface area contributed by atoms with Crippen LogP contribution in [0.1, 0.15) is 12.8 Å². The molecule has 0 unspecified atom stereocenters. The van der Waals surface area contributed by atoms with E-state index in [0.29, 0.717) is 50.0 Å². The van der Waals surface area contributed by atoms with Gasteiger partial charge in [-0.25, -0.2) is 15.0 Å². The second kappa shape index (κ2) is 7.55. The van der Waals surface area contributed by atoms with Crippen LogP contribution in [0.15, 0.2) is 53.6 Å². The average molecular weight is 466 g/mol. The molecular formula is C23H17Cl2N5O2. The molecule has 1 atom stereocenters. The highest BCUT2D eigenvalue weighted by atomic mass is 35.5. The van der Waals surface area contributed by atoms with Gasteiger partial charge in [-0.05, 0) is 43.2 Å². The molecule has 0 saturated carbocycles. The monoisotopic (exact) mass is 465 g/mol. The predicted octanol–water partition coefficient (Wildman–Crippen LogP) is 4.77. The maximum Gasteiger partial charge on any atom is 0.265 e. The van der Waals surface area contributed by atoms with Crippen molar-refractivity contribution in [3.63, 3.8) is 0 Å². The summed E-state index contributed by atoms with van der Waals surface area (Å²) in [6.07, 6.45) is 3.51. The highest BCUT2D eigenvalue weighted by Crippen LogP contribution is 2.31. The summed E-state index contributed by atoms with van der Waals surface area (Å²) in [7, 11) is 0. The fourth-order valence-electron chi connectivity index (χ4n) is 4.32. The number of para-hydroxylation sites is 2. The second-order valence-corrected chi connectivity index (χ2v) is 8.76. The van der Waals surface area contributed by atoms with E-state index in [1.165, 1.54) is 0 Å². The number of halogens is 2. The zero-order chi connectivity index (χ0) is 21.8. The molecule has 3 aromatic heterocycles. The molecule has 0 N–H and O–H groups in total. The molecule has 0 aliphatic carbocycles. The van der Waals surface area contributed by atoms with Gasteiger partial charge in [-0.15, -0.1) is 0 Å². The fraction of sp³-hybridized carbons (Fsp3) is 0.217. The van der Waals surface area contributed by atoms with Crippen molar-refractivity contribution in [3.05, 3.63) is 69.2 Å². The summed E-state index contributed by atoms with van der Waals surface area (Å²) in [5.41, 5.74) is 3.39. The van der Waals surface area contributed by atoms with Gasteiger partial charge in [0, 0.05) is 16.7 Å². The van der Waals surface area contributed by atoms with Gasteiger partial charge < -0.3 is 4.74 Å². The number of aromatic nitrogens is 5. The van der Waals surface area contributed by atoms with E-state index >= 15 is 0 Å². The van der Waals surface area contributed by atoms with E-state index in [1.807, 2.05) is 24.3 Å². The third-order valence-corrected chi connectivity index (χ3v) is 6.20. The van der Waals surface area contributed by atoms with E-state index in [2.05, 4.69) is 4.98 Å². The van der Waals surface area contributed by atoms with Gasteiger partial charge in [0.15, 0.2) is 11.3 Å². The molecule has 0 spiro atoms. The zero-order valence-electron chi connectivity index (χ0n) is 16.8. The predicted molar refractivity (Wildman–Crippen MR) is 125 cm³/mol. The summed E-state index contributed by atoms with van der Waals surface area (Å²) in [6, 6.07) is 12.8. The first kappa shape index (κ1) is 19.7. The maximum atomic E-state index is 13.6. The highest BCUT2D eigenvalue weighted by molar-refractivity contribution is 6.35. The van der Waals surface area contributed by atoms with Crippen LogP contribution < -0.4 is 5.56 Å². The largest absolute Gasteiger partial charge is 0.376 e. The molecular weight excluding hydrogens is 449 g/mol. The Morgan fingerprint density at radius 3 is 2.50 bits per heavy atom. The van der Waals surface area contributed by atoms with Crippen LogP contribution in [-0.4, -0.2) is 36.8 Å². The van der Waals surface area contributed by atoms with Crippen LogP contribution in [0, 0.1) is 0 Å². The van der Waals surface area contributed by atoms with Crippen LogP contribution in [0.25, 0.3) is 38.9 Å². The first-order chi connectivity index (χ1) is 15.6. The maximum absolute atomic E-state index is 13.6. The number of hydrogen-bond acceptors (Lipinski definition) is 5. The molecule has 9 heteroatoms. The van der Waals surface area contributed by atoms with Crippen molar-refractivity contribution in [2.45, 2.75) is 25.5 Å². The molecule has 1 aliphatic heterocycles. The molecule has 1 fully saturated rings. The molecule has 4 heterocycles. The van der Waals surface area contributed by atoms with Crippen molar-refractivity contribution in [2.75, 3.05) is 6.61 Å². The first-order valence-corrected chi connectivity index (χ1v) is 11.1. The van der Waals surface area contributed by atoms with Crippen molar-refractivity contribution in [3.8, 4) is 5.69 Å². The quantitative estimate of drug-likeness (QED) is 0.383. The zero-order valence-corrected chi connectivity index (χ0v) is 18.3. The Morgan fingerprint density at radius 1 is 1.03 bits per heavy atom. The summed E-state index contributed by atoms with van der Waals surface area (Å²) in [5, 5.41) is 1.36. The van der Waals surface area contributed by atoms with Crippen LogP contribution in [0.3, 0.4) is 0 Å². The number of nitrogens with zero attached hydrogens (tertiary/aromatic N) is 5. The van der Waals surface area contributed by atoms with E-state index in [9.17, 15) is 4.79 Å². The van der Waals surface area contributed by atoms with Gasteiger partial charge in [0.25, 0.3) is 5.56 Å². The van der Waals surface area contributed by atoms with Crippen LogP contribution in [0.5, 0.6) is 0 Å². The average Bonchev–Trinajstić information content (AvgIpc) is 3.39. The van der Waals surface area contributed by atoms with E-state index in [0.717, 1.165) is 25.0 Å². The molecule has 2 aromatic carbocycles. The Bertz CT molecular complexity index is 1550. The van der Waals surface area contributed by atoms with Crippen molar-refractivity contribution in [1.82, 2.24) is 24.1 Å². The lowest BCUT2D eigenvalue weighted by molar-refractivity contribution is 0.0960. The van der Waals surface area contributed by atoms with Crippen LogP contribution >= 0.6 is 23.2 Å². The van der Waals surface area contributed by atoms with Gasteiger partial charge in [0.2, 0.25) is 0 Å². The van der Waals surface area contributed by atoms with Gasteiger partial charge in [-0.2, -0.15) is 0 Å². The molecule has 5 aromatic rings. The van der Waals surface area contributed by atoms with Gasteiger partial charge in [-0.3, -0.25) is 13.9 Å². The first-order valence-electron chi connectivity index (χ1n) is 10.3. The molecule has 1 aliphatic rings. The molecule has 0 bridgehead atoms. The van der Waals surface area contributed by atoms with Gasteiger partial charge >= 0.3 is 0 Å². The lowest BCUT2D eigenvalue weighted by Gasteiger charge is -2.11. The Kier molecular flexibility index (Phi) is 4.64. The molecule has 160 valence electrons. The standard InChI is InChI=1S/C23H17Cl2N5O2/c24-13-8-14(25)10-15(9-13)30-21-19(20-22(30)28-18-6-2-1-5-17(18)27-20)23(31)29(12-26-21)11-16-4-3-7-32-16/h1-2,5-6,8-10,12,16H,3-4,7,11H2/t16-/m0/s1. The summed E-state index contributed by atoms with van der Waals surface area (Å²) >= 11 is 12.6. The van der Waals surface area contributed by atoms with E-state index < -0.39 is 0 Å². The highest BCUT2D eigenvalue weighted by Gasteiger charge is 2.23. The topological polar surface area (TPSA) is 74.8 Å². The lowest BCUT2D eigenvalue weighted by Crippen LogP contribution is -2.26. The molecule has 6 rings (SSSR count). The van der Waals surface area contributed by atoms with Crippen molar-refractivity contribution in [1.29, 1.82) is 0 Å². The Balaban J connectivity index is 1.70. The van der Waals surface area contributed by atoms with Gasteiger partial charge in [0.05, 0.1) is 29.4 Å². The smallest absolute Gasteiger partial charge is 0.265 e. The summed E-state index contributed by atoms with van der Waals surface area (Å²) < 4.78 is 9.11. The minimum absolute atomic E-state index is 0.0129. The van der Waals surface area contributed by atoms with Gasteiger partial charge in [0.1, 0.15) is 17.2 Å². The van der Waals surface area contributed by atoms with E-state index in [-0.39, 0.29) is 11.7 Å². The SMILES string of the molecule is O=c1c2c3nc4ccccc4nc3n(-c3cc(Cl)cc(Cl)c3)c2ncn1C[C@@H]1CCCO1. The molecule has 32 heavy (non-hydrogen) atoms. The number of rotatable bonds is 3. The summed E-state index contributed by atoms with van der Waals surface area (Å²) in [4.78, 5) is 27.9. The molecule has 0 amide bonds. The minimum Gasteiger partial charge on any atom is -0.376 e. The van der Waals surface area contributed by atoms with E-state index in [4.69, 9.17) is 37.9 Å². The van der Waals surface area contributed by atoms with E-state index in [1.54, 1.807) is 33.7 Å². The third kappa shape index (κ3) is 3.16. The third-order valence-electron chi connectivity index (χ3n) is 5.76. The molecule has 7 nitrogen and oxygen atoms in total. The lowest BCUT2D eigenvalue weighted by atomic mass is 10.2. The Labute approximate surface area is 192 Å². The summed E-state index contributed by atoms with van der Waals surface area (Å²) in [6.45, 7) is 1.18. The number of hydrogen-bond donors (Lipinski definition) is 0. The number of benzene rings is 2. The number of ether oxygens (including phenoxy) is 1. The Morgan fingerprint density at radius 2 is 1.78 bits per heavy atom. The molecule has 0 radical (unpaired) electrons.